The summed E-state index contributed by atoms with van der Waals surface area (Å²) in [5.41, 5.74) is 12.2. The van der Waals surface area contributed by atoms with Crippen LogP contribution < -0.4 is 16.8 Å². The van der Waals surface area contributed by atoms with Gasteiger partial charge in [-0.2, -0.15) is 23.3 Å². The van der Waals surface area contributed by atoms with Gasteiger partial charge in [0.25, 0.3) is 0 Å². The highest BCUT2D eigenvalue weighted by molar-refractivity contribution is 7.80. The minimum absolute atomic E-state index is 0.00843. The van der Waals surface area contributed by atoms with Crippen LogP contribution in [0.3, 0.4) is 0 Å². The number of rotatable bonds is 6. The number of nitrogens with one attached hydrogen (secondary N) is 1. The van der Waals surface area contributed by atoms with Crippen molar-refractivity contribution >= 4 is 22.5 Å². The molecular formula is C13H21N7O6S. The predicted molar refractivity (Wildman–Crippen MR) is 90.4 cm³/mol. The Bertz CT molecular complexity index is 853. The summed E-state index contributed by atoms with van der Waals surface area (Å²) >= 11 is 0. The number of aromatic nitrogens is 2. The van der Waals surface area contributed by atoms with E-state index in [1.165, 1.54) is 11.1 Å². The second kappa shape index (κ2) is 7.05. The Balaban J connectivity index is 1.88. The first-order valence-electron chi connectivity index (χ1n) is 8.22. The highest BCUT2D eigenvalue weighted by Gasteiger charge is 2.51. The molecule has 14 heteroatoms. The van der Waals surface area contributed by atoms with E-state index < -0.39 is 34.5 Å². The van der Waals surface area contributed by atoms with E-state index >= 15 is 0 Å². The number of nitrogens with two attached hydrogens (primary N) is 2. The van der Waals surface area contributed by atoms with Crippen LogP contribution in [0.2, 0.25) is 0 Å². The Labute approximate surface area is 155 Å². The number of hydroxylamine groups is 2. The second-order valence-corrected chi connectivity index (χ2v) is 7.45. The fraction of sp³-hybridized carbons (Fsp3) is 0.615. The van der Waals surface area contributed by atoms with Crippen LogP contribution in [-0.2, 0) is 14.7 Å². The van der Waals surface area contributed by atoms with Crippen molar-refractivity contribution < 1.29 is 26.8 Å². The van der Waals surface area contributed by atoms with Crippen LogP contribution in [0.15, 0.2) is 6.20 Å². The normalized spacial score (nSPS) is 22.7. The highest BCUT2D eigenvalue weighted by Crippen LogP contribution is 2.43. The largest absolute Gasteiger partial charge is 0.418 e. The molecule has 1 aromatic rings. The molecule has 0 saturated carbocycles. The highest BCUT2D eigenvalue weighted by atomic mass is 32.3. The molecule has 1 unspecified atom stereocenters. The fourth-order valence-electron chi connectivity index (χ4n) is 3.16. The Morgan fingerprint density at radius 3 is 2.85 bits per heavy atom. The summed E-state index contributed by atoms with van der Waals surface area (Å²) in [6, 6.07) is -2.85. The molecule has 27 heavy (non-hydrogen) atoms. The molecule has 0 radical (unpaired) electrons. The zero-order valence-corrected chi connectivity index (χ0v) is 15.3. The monoisotopic (exact) mass is 403 g/mol. The van der Waals surface area contributed by atoms with Crippen LogP contribution in [0.25, 0.3) is 0 Å². The molecule has 0 aliphatic carbocycles. The van der Waals surface area contributed by atoms with Gasteiger partial charge >= 0.3 is 22.5 Å². The van der Waals surface area contributed by atoms with Gasteiger partial charge < -0.3 is 21.7 Å². The molecule has 1 fully saturated rings. The molecule has 0 aromatic carbocycles. The van der Waals surface area contributed by atoms with Gasteiger partial charge in [0, 0.05) is 30.9 Å². The summed E-state index contributed by atoms with van der Waals surface area (Å²) in [4.78, 5) is 26.0. The topological polar surface area (TPSA) is 186 Å². The van der Waals surface area contributed by atoms with E-state index in [1.54, 1.807) is 0 Å². The summed E-state index contributed by atoms with van der Waals surface area (Å²) < 4.78 is 36.6. The van der Waals surface area contributed by atoms with Crippen LogP contribution >= 0.6 is 0 Å². The van der Waals surface area contributed by atoms with Gasteiger partial charge in [0.15, 0.2) is 0 Å². The van der Waals surface area contributed by atoms with Gasteiger partial charge in [-0.25, -0.2) is 9.59 Å². The lowest BCUT2D eigenvalue weighted by molar-refractivity contribution is -0.0317. The van der Waals surface area contributed by atoms with Crippen molar-refractivity contribution in [1.82, 2.24) is 25.1 Å². The first-order chi connectivity index (χ1) is 12.6. The molecule has 0 spiro atoms. The van der Waals surface area contributed by atoms with Gasteiger partial charge in [-0.15, -0.1) is 4.28 Å². The molecule has 150 valence electrons. The Morgan fingerprint density at radius 1 is 1.56 bits per heavy atom. The minimum Gasteiger partial charge on any atom is -0.336 e. The first-order valence-corrected chi connectivity index (χ1v) is 9.59. The van der Waals surface area contributed by atoms with Gasteiger partial charge in [0.1, 0.15) is 6.04 Å². The summed E-state index contributed by atoms with van der Waals surface area (Å²) in [5.74, 6) is 0. The summed E-state index contributed by atoms with van der Waals surface area (Å²) in [5, 5.41) is 7.42. The van der Waals surface area contributed by atoms with E-state index in [1.807, 2.05) is 6.92 Å². The molecular weight excluding hydrogens is 382 g/mol. The number of carbonyl (C=O) groups is 2. The van der Waals surface area contributed by atoms with E-state index in [0.717, 1.165) is 4.68 Å². The zero-order valence-electron chi connectivity index (χ0n) is 14.5. The molecule has 2 aliphatic rings. The zero-order chi connectivity index (χ0) is 19.9. The number of fused-ring (bicyclic) bond motifs is 4. The third-order valence-corrected chi connectivity index (χ3v) is 4.74. The van der Waals surface area contributed by atoms with Crippen molar-refractivity contribution in [1.29, 1.82) is 0 Å². The second-order valence-electron chi connectivity index (χ2n) is 6.44. The molecule has 3 amide bonds. The average molecular weight is 403 g/mol. The fourth-order valence-corrected chi connectivity index (χ4v) is 3.53. The summed E-state index contributed by atoms with van der Waals surface area (Å²) in [7, 11) is -4.91. The average Bonchev–Trinajstić information content (AvgIpc) is 3.11. The van der Waals surface area contributed by atoms with Crippen LogP contribution in [0.4, 0.5) is 9.59 Å². The van der Waals surface area contributed by atoms with Gasteiger partial charge in [-0.05, 0) is 13.3 Å². The van der Waals surface area contributed by atoms with Crippen molar-refractivity contribution in [3.8, 4) is 0 Å². The van der Waals surface area contributed by atoms with Crippen molar-refractivity contribution in [2.75, 3.05) is 19.6 Å². The predicted octanol–water partition coefficient (Wildman–Crippen LogP) is -1.30. The third-order valence-electron chi connectivity index (χ3n) is 4.39. The van der Waals surface area contributed by atoms with Crippen LogP contribution in [0, 0.1) is 0 Å². The van der Waals surface area contributed by atoms with Gasteiger partial charge in [-0.1, -0.05) is 0 Å². The Hall–Kier alpha value is -2.26. The number of carbonyl (C=O) groups excluding carboxylic acids is 2. The number of hydrogen-bond acceptors (Lipinski definition) is 8. The van der Waals surface area contributed by atoms with Crippen molar-refractivity contribution in [3.63, 3.8) is 0 Å². The lowest BCUT2D eigenvalue weighted by Crippen LogP contribution is -2.38. The smallest absolute Gasteiger partial charge is 0.336 e. The van der Waals surface area contributed by atoms with E-state index in [9.17, 15) is 18.0 Å². The molecule has 13 nitrogen and oxygen atoms in total. The van der Waals surface area contributed by atoms with Crippen molar-refractivity contribution in [3.05, 3.63) is 17.5 Å². The minimum atomic E-state index is -4.91. The quantitative estimate of drug-likeness (QED) is 0.419. The molecule has 6 N–H and O–H groups in total. The van der Waals surface area contributed by atoms with Gasteiger partial charge in [0.05, 0.1) is 18.3 Å². The third kappa shape index (κ3) is 3.74. The van der Waals surface area contributed by atoms with Crippen molar-refractivity contribution in [2.45, 2.75) is 31.5 Å². The molecule has 1 aromatic heterocycles. The summed E-state index contributed by atoms with van der Waals surface area (Å²) in [6.45, 7) is 2.26. The Morgan fingerprint density at radius 2 is 2.26 bits per heavy atom. The molecule has 2 bridgehead atoms. The lowest BCUT2D eigenvalue weighted by atomic mass is 9.98. The first kappa shape index (κ1) is 19.5. The van der Waals surface area contributed by atoms with Crippen LogP contribution in [-0.4, -0.2) is 70.5 Å². The van der Waals surface area contributed by atoms with Crippen molar-refractivity contribution in [2.24, 2.45) is 11.5 Å². The van der Waals surface area contributed by atoms with Gasteiger partial charge in [0.2, 0.25) is 0 Å². The van der Waals surface area contributed by atoms with E-state index in [0.29, 0.717) is 29.3 Å². The number of nitrogens with zero attached hydrogens (tertiary/aromatic N) is 4. The maximum atomic E-state index is 12.4. The molecule has 3 heterocycles. The van der Waals surface area contributed by atoms with Crippen LogP contribution in [0.1, 0.15) is 36.7 Å². The Kier molecular flexibility index (Phi) is 5.09. The molecule has 3 rings (SSSR count). The lowest BCUT2D eigenvalue weighted by Gasteiger charge is -2.28. The maximum absolute atomic E-state index is 12.4. The number of urea groups is 1. The molecule has 1 saturated heterocycles. The van der Waals surface area contributed by atoms with E-state index in [-0.39, 0.29) is 19.1 Å². The maximum Gasteiger partial charge on any atom is 0.418 e. The standard InChI is InChI=1S/C13H21N7O6S/c1-7(15)2-3-16-12(21)19-5-8-10-6-18(9(4-14)11(8)17-19)13(22)20(10)26-27(23,24)25/h5,7,9-10H,2-4,6,14-15H2,1H3,(H,16,21)(H,23,24,25)/t7?,9-,10-/m1/s1. The molecule has 3 atom stereocenters. The SMILES string of the molecule is CC(N)CCNC(=O)n1cc2c(n1)[C@@H](CN)N1C[C@H]2N(OS(=O)(=O)O)C1=O. The van der Waals surface area contributed by atoms with Crippen LogP contribution in [0.5, 0.6) is 0 Å². The van der Waals surface area contributed by atoms with E-state index in [4.69, 9.17) is 16.0 Å². The molecule has 2 aliphatic heterocycles. The number of hydrogen-bond donors (Lipinski definition) is 4. The van der Waals surface area contributed by atoms with E-state index in [2.05, 4.69) is 14.7 Å². The summed E-state index contributed by atoms with van der Waals surface area (Å²) in [6.07, 6.45) is 1.97. The number of amides is 3. The van der Waals surface area contributed by atoms with Gasteiger partial charge in [-0.3, -0.25) is 4.55 Å².